The van der Waals surface area contributed by atoms with Crippen molar-refractivity contribution in [3.63, 3.8) is 0 Å². The van der Waals surface area contributed by atoms with E-state index >= 15 is 0 Å². The first-order chi connectivity index (χ1) is 12.1. The van der Waals surface area contributed by atoms with Crippen molar-refractivity contribution in [2.45, 2.75) is 31.7 Å². The van der Waals surface area contributed by atoms with Crippen LogP contribution < -0.4 is 20.3 Å². The average molecular weight is 343 g/mol. The third-order valence-corrected chi connectivity index (χ3v) is 5.94. The van der Waals surface area contributed by atoms with Crippen LogP contribution in [0.4, 0.5) is 5.69 Å². The van der Waals surface area contributed by atoms with Gasteiger partial charge in [0.05, 0.1) is 13.2 Å². The van der Waals surface area contributed by atoms with Gasteiger partial charge in [0.2, 0.25) is 11.8 Å². The fourth-order valence-electron chi connectivity index (χ4n) is 4.33. The molecule has 0 bridgehead atoms. The molecular weight excluding hydrogens is 318 g/mol. The molecule has 1 aromatic rings. The SMILES string of the molecule is COc1cccc(N2CC(NC(=O)C3CC34CCNCC4)CC2=O)c1. The summed E-state index contributed by atoms with van der Waals surface area (Å²) >= 11 is 0. The van der Waals surface area contributed by atoms with E-state index in [1.165, 1.54) is 0 Å². The maximum atomic E-state index is 12.6. The van der Waals surface area contributed by atoms with Crippen LogP contribution in [0, 0.1) is 11.3 Å². The predicted octanol–water partition coefficient (Wildman–Crippen LogP) is 1.31. The standard InChI is InChI=1S/C19H25N3O3/c1-25-15-4-2-3-14(10-15)22-12-13(9-17(22)23)21-18(24)16-11-19(16)5-7-20-8-6-19/h2-4,10,13,16,20H,5-9,11-12H2,1H3,(H,21,24). The minimum atomic E-state index is -0.106. The van der Waals surface area contributed by atoms with Crippen LogP contribution in [0.1, 0.15) is 25.7 Å². The molecule has 3 fully saturated rings. The van der Waals surface area contributed by atoms with Crippen LogP contribution >= 0.6 is 0 Å². The second kappa shape index (κ2) is 6.33. The molecule has 0 radical (unpaired) electrons. The van der Waals surface area contributed by atoms with Crippen LogP contribution in [0.3, 0.4) is 0 Å². The summed E-state index contributed by atoms with van der Waals surface area (Å²) in [7, 11) is 1.61. The molecule has 134 valence electrons. The Labute approximate surface area is 147 Å². The van der Waals surface area contributed by atoms with Crippen LogP contribution in [-0.4, -0.2) is 44.6 Å². The zero-order valence-corrected chi connectivity index (χ0v) is 14.6. The topological polar surface area (TPSA) is 70.7 Å². The van der Waals surface area contributed by atoms with E-state index in [0.29, 0.717) is 13.0 Å². The van der Waals surface area contributed by atoms with Crippen LogP contribution in [0.2, 0.25) is 0 Å². The Kier molecular flexibility index (Phi) is 4.15. The molecule has 2 unspecified atom stereocenters. The molecule has 25 heavy (non-hydrogen) atoms. The van der Waals surface area contributed by atoms with E-state index in [1.54, 1.807) is 12.0 Å². The molecule has 4 rings (SSSR count). The lowest BCUT2D eigenvalue weighted by atomic mass is 9.91. The predicted molar refractivity (Wildman–Crippen MR) is 94.5 cm³/mol. The Morgan fingerprint density at radius 1 is 1.36 bits per heavy atom. The molecule has 1 saturated carbocycles. The number of ether oxygens (including phenoxy) is 1. The Bertz CT molecular complexity index is 684. The van der Waals surface area contributed by atoms with Gasteiger partial charge in [0.25, 0.3) is 0 Å². The van der Waals surface area contributed by atoms with E-state index < -0.39 is 0 Å². The molecule has 3 aliphatic rings. The van der Waals surface area contributed by atoms with E-state index in [2.05, 4.69) is 10.6 Å². The number of nitrogens with zero attached hydrogens (tertiary/aromatic N) is 1. The number of rotatable bonds is 4. The molecule has 2 aliphatic heterocycles. The number of hydrogen-bond donors (Lipinski definition) is 2. The third-order valence-electron chi connectivity index (χ3n) is 5.94. The number of amides is 2. The first kappa shape index (κ1) is 16.4. The molecule has 0 aromatic heterocycles. The monoisotopic (exact) mass is 343 g/mol. The highest BCUT2D eigenvalue weighted by Crippen LogP contribution is 2.58. The molecular formula is C19H25N3O3. The van der Waals surface area contributed by atoms with Gasteiger partial charge in [-0.3, -0.25) is 9.59 Å². The number of carbonyl (C=O) groups excluding carboxylic acids is 2. The van der Waals surface area contributed by atoms with Crippen molar-refractivity contribution in [2.24, 2.45) is 11.3 Å². The Morgan fingerprint density at radius 2 is 2.16 bits per heavy atom. The fraction of sp³-hybridized carbons (Fsp3) is 0.579. The number of hydrogen-bond acceptors (Lipinski definition) is 4. The molecule has 6 heteroatoms. The first-order valence-corrected chi connectivity index (χ1v) is 9.07. The van der Waals surface area contributed by atoms with Gasteiger partial charge in [-0.25, -0.2) is 0 Å². The van der Waals surface area contributed by atoms with Gasteiger partial charge in [0, 0.05) is 30.6 Å². The highest BCUT2D eigenvalue weighted by atomic mass is 16.5. The highest BCUT2D eigenvalue weighted by Gasteiger charge is 2.57. The number of carbonyl (C=O) groups is 2. The first-order valence-electron chi connectivity index (χ1n) is 9.07. The lowest BCUT2D eigenvalue weighted by Crippen LogP contribution is -2.40. The minimum Gasteiger partial charge on any atom is -0.497 e. The van der Waals surface area contributed by atoms with E-state index in [1.807, 2.05) is 24.3 Å². The van der Waals surface area contributed by atoms with Gasteiger partial charge in [-0.15, -0.1) is 0 Å². The van der Waals surface area contributed by atoms with E-state index in [0.717, 1.165) is 43.8 Å². The van der Waals surface area contributed by atoms with Crippen molar-refractivity contribution in [2.75, 3.05) is 31.6 Å². The normalized spacial score (nSPS) is 27.4. The van der Waals surface area contributed by atoms with Crippen molar-refractivity contribution in [1.82, 2.24) is 10.6 Å². The molecule has 2 N–H and O–H groups in total. The lowest BCUT2D eigenvalue weighted by molar-refractivity contribution is -0.123. The highest BCUT2D eigenvalue weighted by molar-refractivity contribution is 5.97. The third kappa shape index (κ3) is 3.11. The number of anilines is 1. The van der Waals surface area contributed by atoms with Crippen LogP contribution in [0.25, 0.3) is 0 Å². The van der Waals surface area contributed by atoms with E-state index in [9.17, 15) is 9.59 Å². The smallest absolute Gasteiger partial charge is 0.229 e. The summed E-state index contributed by atoms with van der Waals surface area (Å²) in [6.45, 7) is 2.55. The summed E-state index contributed by atoms with van der Waals surface area (Å²) in [5.41, 5.74) is 1.05. The maximum absolute atomic E-state index is 12.6. The summed E-state index contributed by atoms with van der Waals surface area (Å²) in [5.74, 6) is 1.04. The number of piperidine rings is 1. The Morgan fingerprint density at radius 3 is 2.92 bits per heavy atom. The van der Waals surface area contributed by atoms with Gasteiger partial charge in [-0.05, 0) is 49.9 Å². The second-order valence-electron chi connectivity index (χ2n) is 7.48. The van der Waals surface area contributed by atoms with Crippen LogP contribution in [0.5, 0.6) is 5.75 Å². The quantitative estimate of drug-likeness (QED) is 0.865. The van der Waals surface area contributed by atoms with Gasteiger partial charge >= 0.3 is 0 Å². The molecule has 2 heterocycles. The number of nitrogens with one attached hydrogen (secondary N) is 2. The summed E-state index contributed by atoms with van der Waals surface area (Å²) in [4.78, 5) is 26.7. The molecule has 1 spiro atoms. The largest absolute Gasteiger partial charge is 0.497 e. The summed E-state index contributed by atoms with van der Waals surface area (Å²) in [5, 5.41) is 6.48. The number of methoxy groups -OCH3 is 1. The maximum Gasteiger partial charge on any atom is 0.229 e. The van der Waals surface area contributed by atoms with Crippen LogP contribution in [-0.2, 0) is 9.59 Å². The van der Waals surface area contributed by atoms with Crippen LogP contribution in [0.15, 0.2) is 24.3 Å². The zero-order valence-electron chi connectivity index (χ0n) is 14.6. The average Bonchev–Trinajstić information content (AvgIpc) is 3.19. The van der Waals surface area contributed by atoms with Crippen molar-refractivity contribution < 1.29 is 14.3 Å². The Balaban J connectivity index is 1.37. The van der Waals surface area contributed by atoms with Crippen molar-refractivity contribution in [1.29, 1.82) is 0 Å². The summed E-state index contributed by atoms with van der Waals surface area (Å²) in [6.07, 6.45) is 3.54. The summed E-state index contributed by atoms with van der Waals surface area (Å²) in [6, 6.07) is 7.38. The molecule has 2 saturated heterocycles. The zero-order chi connectivity index (χ0) is 17.4. The Hall–Kier alpha value is -2.08. The van der Waals surface area contributed by atoms with Gasteiger partial charge in [-0.1, -0.05) is 6.07 Å². The number of benzene rings is 1. The van der Waals surface area contributed by atoms with Crippen molar-refractivity contribution in [3.8, 4) is 5.75 Å². The van der Waals surface area contributed by atoms with Crippen molar-refractivity contribution in [3.05, 3.63) is 24.3 Å². The van der Waals surface area contributed by atoms with Crippen molar-refractivity contribution >= 4 is 17.5 Å². The summed E-state index contributed by atoms with van der Waals surface area (Å²) < 4.78 is 5.23. The molecule has 2 atom stereocenters. The van der Waals surface area contributed by atoms with E-state index in [4.69, 9.17) is 4.74 Å². The van der Waals surface area contributed by atoms with Gasteiger partial charge in [0.15, 0.2) is 0 Å². The molecule has 1 aromatic carbocycles. The van der Waals surface area contributed by atoms with Gasteiger partial charge in [-0.2, -0.15) is 0 Å². The van der Waals surface area contributed by atoms with Gasteiger partial charge in [0.1, 0.15) is 5.75 Å². The molecule has 2 amide bonds. The lowest BCUT2D eigenvalue weighted by Gasteiger charge is -2.23. The fourth-order valence-corrected chi connectivity index (χ4v) is 4.33. The minimum absolute atomic E-state index is 0.0472. The molecule has 1 aliphatic carbocycles. The second-order valence-corrected chi connectivity index (χ2v) is 7.48. The van der Waals surface area contributed by atoms with E-state index in [-0.39, 0.29) is 29.2 Å². The molecule has 6 nitrogen and oxygen atoms in total. The van der Waals surface area contributed by atoms with Gasteiger partial charge < -0.3 is 20.3 Å².